The van der Waals surface area contributed by atoms with Gasteiger partial charge in [0.2, 0.25) is 0 Å². The molecule has 0 radical (unpaired) electrons. The fourth-order valence-corrected chi connectivity index (χ4v) is 1.49. The minimum absolute atomic E-state index is 0.0760. The monoisotopic (exact) mass is 264 g/mol. The first-order valence-corrected chi connectivity index (χ1v) is 6.29. The molecule has 0 bridgehead atoms. The van der Waals surface area contributed by atoms with E-state index in [1.807, 2.05) is 26.0 Å². The summed E-state index contributed by atoms with van der Waals surface area (Å²) in [7, 11) is 0. The van der Waals surface area contributed by atoms with Gasteiger partial charge < -0.3 is 15.7 Å². The molecule has 0 aromatic heterocycles. The topological polar surface area (TPSA) is 78.4 Å². The van der Waals surface area contributed by atoms with E-state index in [1.165, 1.54) is 0 Å². The Balaban J connectivity index is 2.40. The van der Waals surface area contributed by atoms with Crippen LogP contribution in [0.5, 0.6) is 0 Å². The Morgan fingerprint density at radius 2 is 1.84 bits per heavy atom. The van der Waals surface area contributed by atoms with Gasteiger partial charge >= 0.3 is 11.8 Å². The van der Waals surface area contributed by atoms with Crippen molar-refractivity contribution in [2.24, 2.45) is 5.92 Å². The van der Waals surface area contributed by atoms with Gasteiger partial charge in [-0.05, 0) is 31.4 Å². The average Bonchev–Trinajstić information content (AvgIpc) is 2.39. The second kappa shape index (κ2) is 7.53. The van der Waals surface area contributed by atoms with Crippen LogP contribution in [0.3, 0.4) is 0 Å². The van der Waals surface area contributed by atoms with E-state index in [-0.39, 0.29) is 12.5 Å². The normalized spacial score (nSPS) is 11.7. The number of carbonyl (C=O) groups excluding carboxylic acids is 2. The number of anilines is 1. The Morgan fingerprint density at radius 1 is 1.21 bits per heavy atom. The lowest BCUT2D eigenvalue weighted by Gasteiger charge is -2.11. The molecule has 1 aromatic carbocycles. The molecular formula is C14H20N2O3. The van der Waals surface area contributed by atoms with Crippen molar-refractivity contribution in [2.45, 2.75) is 20.3 Å². The first-order valence-electron chi connectivity index (χ1n) is 6.29. The Hall–Kier alpha value is -1.88. The highest BCUT2D eigenvalue weighted by Gasteiger charge is 2.14. The van der Waals surface area contributed by atoms with Crippen molar-refractivity contribution in [3.63, 3.8) is 0 Å². The van der Waals surface area contributed by atoms with Gasteiger partial charge in [-0.25, -0.2) is 0 Å². The molecule has 0 aliphatic carbocycles. The van der Waals surface area contributed by atoms with E-state index in [9.17, 15) is 9.59 Å². The smallest absolute Gasteiger partial charge is 0.313 e. The second-order valence-electron chi connectivity index (χ2n) is 4.65. The summed E-state index contributed by atoms with van der Waals surface area (Å²) < 4.78 is 0. The lowest BCUT2D eigenvalue weighted by Crippen LogP contribution is -2.37. The number of aliphatic hydroxyl groups is 1. The largest absolute Gasteiger partial charge is 0.396 e. The summed E-state index contributed by atoms with van der Waals surface area (Å²) in [6.45, 7) is 4.29. The molecule has 1 atom stereocenters. The summed E-state index contributed by atoms with van der Waals surface area (Å²) in [5.74, 6) is -1.20. The molecule has 5 heteroatoms. The van der Waals surface area contributed by atoms with Gasteiger partial charge in [0, 0.05) is 18.8 Å². The third-order valence-electron chi connectivity index (χ3n) is 2.75. The predicted octanol–water partition coefficient (Wildman–Crippen LogP) is 1.07. The van der Waals surface area contributed by atoms with Crippen LogP contribution in [0, 0.1) is 12.8 Å². The number of aliphatic hydroxyl groups excluding tert-OH is 1. The third kappa shape index (κ3) is 5.52. The molecule has 0 fully saturated rings. The Kier molecular flexibility index (Phi) is 6.02. The van der Waals surface area contributed by atoms with E-state index in [4.69, 9.17) is 5.11 Å². The number of hydrogen-bond acceptors (Lipinski definition) is 3. The maximum atomic E-state index is 11.6. The number of rotatable bonds is 5. The van der Waals surface area contributed by atoms with Crippen LogP contribution in [0.2, 0.25) is 0 Å². The molecule has 0 heterocycles. The van der Waals surface area contributed by atoms with Crippen LogP contribution < -0.4 is 10.6 Å². The molecule has 0 aliphatic heterocycles. The fraction of sp³-hybridized carbons (Fsp3) is 0.429. The molecule has 1 aromatic rings. The van der Waals surface area contributed by atoms with Crippen molar-refractivity contribution in [1.82, 2.24) is 5.32 Å². The van der Waals surface area contributed by atoms with E-state index in [0.717, 1.165) is 5.56 Å². The number of benzene rings is 1. The first-order chi connectivity index (χ1) is 9.02. The van der Waals surface area contributed by atoms with Gasteiger partial charge in [-0.3, -0.25) is 9.59 Å². The Morgan fingerprint density at radius 3 is 2.42 bits per heavy atom. The van der Waals surface area contributed by atoms with Crippen LogP contribution in [0.15, 0.2) is 24.3 Å². The maximum Gasteiger partial charge on any atom is 0.313 e. The highest BCUT2D eigenvalue weighted by Crippen LogP contribution is 2.08. The van der Waals surface area contributed by atoms with Crippen molar-refractivity contribution in [2.75, 3.05) is 18.5 Å². The van der Waals surface area contributed by atoms with Crippen LogP contribution in [0.25, 0.3) is 0 Å². The van der Waals surface area contributed by atoms with Gasteiger partial charge in [0.05, 0.1) is 0 Å². The van der Waals surface area contributed by atoms with Crippen molar-refractivity contribution in [3.8, 4) is 0 Å². The van der Waals surface area contributed by atoms with Crippen LogP contribution >= 0.6 is 0 Å². The SMILES string of the molecule is Cc1ccc(NC(=O)C(=O)NCC(C)CCO)cc1. The second-order valence-corrected chi connectivity index (χ2v) is 4.65. The molecule has 2 amide bonds. The van der Waals surface area contributed by atoms with E-state index < -0.39 is 11.8 Å². The molecule has 0 spiro atoms. The molecule has 0 saturated carbocycles. The quantitative estimate of drug-likeness (QED) is 0.696. The molecule has 0 aliphatic rings. The Labute approximate surface area is 113 Å². The van der Waals surface area contributed by atoms with E-state index in [2.05, 4.69) is 10.6 Å². The van der Waals surface area contributed by atoms with E-state index in [1.54, 1.807) is 12.1 Å². The van der Waals surface area contributed by atoms with Crippen molar-refractivity contribution in [1.29, 1.82) is 0 Å². The summed E-state index contributed by atoms with van der Waals surface area (Å²) in [6.07, 6.45) is 0.597. The zero-order valence-electron chi connectivity index (χ0n) is 11.3. The lowest BCUT2D eigenvalue weighted by atomic mass is 10.1. The van der Waals surface area contributed by atoms with Gasteiger partial charge in [-0.1, -0.05) is 24.6 Å². The van der Waals surface area contributed by atoms with Crippen molar-refractivity contribution in [3.05, 3.63) is 29.8 Å². The van der Waals surface area contributed by atoms with Crippen LogP contribution in [0.4, 0.5) is 5.69 Å². The van der Waals surface area contributed by atoms with Crippen LogP contribution in [-0.2, 0) is 9.59 Å². The molecule has 0 saturated heterocycles. The molecular weight excluding hydrogens is 244 g/mol. The van der Waals surface area contributed by atoms with Gasteiger partial charge in [0.15, 0.2) is 0 Å². The predicted molar refractivity (Wildman–Crippen MR) is 73.7 cm³/mol. The van der Waals surface area contributed by atoms with Gasteiger partial charge in [0.1, 0.15) is 0 Å². The van der Waals surface area contributed by atoms with Gasteiger partial charge in [-0.2, -0.15) is 0 Å². The first kappa shape index (κ1) is 15.2. The number of aryl methyl sites for hydroxylation is 1. The summed E-state index contributed by atoms with van der Waals surface area (Å²) in [4.78, 5) is 23.1. The summed E-state index contributed by atoms with van der Waals surface area (Å²) in [5, 5.41) is 13.8. The molecule has 19 heavy (non-hydrogen) atoms. The summed E-state index contributed by atoms with van der Waals surface area (Å²) >= 11 is 0. The van der Waals surface area contributed by atoms with Crippen LogP contribution in [0.1, 0.15) is 18.9 Å². The maximum absolute atomic E-state index is 11.6. The van der Waals surface area contributed by atoms with Crippen molar-refractivity contribution >= 4 is 17.5 Å². The van der Waals surface area contributed by atoms with E-state index in [0.29, 0.717) is 18.7 Å². The molecule has 3 N–H and O–H groups in total. The number of hydrogen-bond donors (Lipinski definition) is 3. The third-order valence-corrected chi connectivity index (χ3v) is 2.75. The highest BCUT2D eigenvalue weighted by molar-refractivity contribution is 6.39. The minimum atomic E-state index is -0.681. The molecule has 104 valence electrons. The Bertz CT molecular complexity index is 429. The summed E-state index contributed by atoms with van der Waals surface area (Å²) in [6, 6.07) is 7.21. The summed E-state index contributed by atoms with van der Waals surface area (Å²) in [5.41, 5.74) is 1.68. The minimum Gasteiger partial charge on any atom is -0.396 e. The number of nitrogens with one attached hydrogen (secondary N) is 2. The highest BCUT2D eigenvalue weighted by atomic mass is 16.3. The van der Waals surface area contributed by atoms with Crippen molar-refractivity contribution < 1.29 is 14.7 Å². The number of amides is 2. The standard InChI is InChI=1S/C14H20N2O3/c1-10-3-5-12(6-4-10)16-14(19)13(18)15-9-11(2)7-8-17/h3-6,11,17H,7-9H2,1-2H3,(H,15,18)(H,16,19). The van der Waals surface area contributed by atoms with Crippen LogP contribution in [-0.4, -0.2) is 30.1 Å². The molecule has 1 rings (SSSR count). The average molecular weight is 264 g/mol. The molecule has 5 nitrogen and oxygen atoms in total. The molecule has 1 unspecified atom stereocenters. The lowest BCUT2D eigenvalue weighted by molar-refractivity contribution is -0.136. The zero-order chi connectivity index (χ0) is 14.3. The number of carbonyl (C=O) groups is 2. The zero-order valence-corrected chi connectivity index (χ0v) is 11.3. The van der Waals surface area contributed by atoms with E-state index >= 15 is 0 Å². The van der Waals surface area contributed by atoms with Gasteiger partial charge in [-0.15, -0.1) is 0 Å². The van der Waals surface area contributed by atoms with Gasteiger partial charge in [0.25, 0.3) is 0 Å². The fourth-order valence-electron chi connectivity index (χ4n) is 1.49.